The number of rotatable bonds is 6. The molecule has 3 nitrogen and oxygen atoms in total. The Bertz CT molecular complexity index is 1050. The van der Waals surface area contributed by atoms with E-state index in [2.05, 4.69) is 49.2 Å². The van der Waals surface area contributed by atoms with Crippen molar-refractivity contribution in [2.75, 3.05) is 4.90 Å². The number of amides is 1. The SMILES string of the molecule is CCC1C=CC=C1C(=O)N(c1ccc(-c2ccccc2)cc1)[C@@H](C)c1cccnc1. The molecular formula is C27H26N2O. The van der Waals surface area contributed by atoms with Gasteiger partial charge in [-0.25, -0.2) is 0 Å². The van der Waals surface area contributed by atoms with Crippen LogP contribution in [0.2, 0.25) is 0 Å². The first kappa shape index (κ1) is 19.8. The molecule has 1 aliphatic carbocycles. The molecule has 1 amide bonds. The van der Waals surface area contributed by atoms with Crippen LogP contribution in [0.5, 0.6) is 0 Å². The van der Waals surface area contributed by atoms with Gasteiger partial charge in [0.25, 0.3) is 5.91 Å². The van der Waals surface area contributed by atoms with Crippen molar-refractivity contribution in [2.45, 2.75) is 26.3 Å². The van der Waals surface area contributed by atoms with Gasteiger partial charge in [-0.3, -0.25) is 9.78 Å². The van der Waals surface area contributed by atoms with Crippen molar-refractivity contribution in [1.82, 2.24) is 4.98 Å². The zero-order chi connectivity index (χ0) is 20.9. The summed E-state index contributed by atoms with van der Waals surface area (Å²) in [6.07, 6.45) is 10.6. The summed E-state index contributed by atoms with van der Waals surface area (Å²) >= 11 is 0. The Balaban J connectivity index is 1.71. The number of carbonyl (C=O) groups is 1. The Labute approximate surface area is 178 Å². The molecule has 30 heavy (non-hydrogen) atoms. The number of allylic oxidation sites excluding steroid dienone is 3. The minimum atomic E-state index is -0.132. The first-order chi connectivity index (χ1) is 14.7. The lowest BCUT2D eigenvalue weighted by Crippen LogP contribution is -2.36. The van der Waals surface area contributed by atoms with Crippen molar-refractivity contribution in [2.24, 2.45) is 5.92 Å². The molecule has 1 heterocycles. The molecule has 0 aliphatic heterocycles. The maximum absolute atomic E-state index is 13.7. The average molecular weight is 395 g/mol. The van der Waals surface area contributed by atoms with Crippen LogP contribution in [0.3, 0.4) is 0 Å². The van der Waals surface area contributed by atoms with Gasteiger partial charge in [-0.2, -0.15) is 0 Å². The van der Waals surface area contributed by atoms with Crippen molar-refractivity contribution >= 4 is 11.6 Å². The lowest BCUT2D eigenvalue weighted by Gasteiger charge is -2.31. The monoisotopic (exact) mass is 394 g/mol. The molecule has 0 spiro atoms. The molecule has 0 radical (unpaired) electrons. The van der Waals surface area contributed by atoms with E-state index in [1.807, 2.05) is 65.7 Å². The number of hydrogen-bond donors (Lipinski definition) is 0. The lowest BCUT2D eigenvalue weighted by molar-refractivity contribution is -0.116. The van der Waals surface area contributed by atoms with Gasteiger partial charge in [0.1, 0.15) is 0 Å². The summed E-state index contributed by atoms with van der Waals surface area (Å²) in [6.45, 7) is 4.18. The standard InChI is InChI=1S/C27H26N2O/c1-3-21-11-7-13-26(21)27(30)29(20(2)24-12-8-18-28-19-24)25-16-14-23(15-17-25)22-9-5-4-6-10-22/h4-21H,3H2,1-2H3/t20-,21?/m0/s1. The van der Waals surface area contributed by atoms with E-state index < -0.39 is 0 Å². The molecule has 1 aromatic heterocycles. The third kappa shape index (κ3) is 3.97. The van der Waals surface area contributed by atoms with E-state index in [1.165, 1.54) is 0 Å². The second-order valence-electron chi connectivity index (χ2n) is 7.57. The van der Waals surface area contributed by atoms with Gasteiger partial charge in [-0.15, -0.1) is 0 Å². The predicted octanol–water partition coefficient (Wildman–Crippen LogP) is 6.37. The first-order valence-electron chi connectivity index (χ1n) is 10.5. The largest absolute Gasteiger partial charge is 0.301 e. The van der Waals surface area contributed by atoms with E-state index in [4.69, 9.17) is 0 Å². The van der Waals surface area contributed by atoms with Crippen LogP contribution in [0, 0.1) is 5.92 Å². The topological polar surface area (TPSA) is 33.2 Å². The molecule has 0 fully saturated rings. The Morgan fingerprint density at radius 2 is 1.73 bits per heavy atom. The summed E-state index contributed by atoms with van der Waals surface area (Å²) < 4.78 is 0. The van der Waals surface area contributed by atoms with Crippen LogP contribution in [0.4, 0.5) is 5.69 Å². The van der Waals surface area contributed by atoms with Crippen LogP contribution in [0.25, 0.3) is 11.1 Å². The van der Waals surface area contributed by atoms with Crippen molar-refractivity contribution in [1.29, 1.82) is 0 Å². The molecule has 3 heteroatoms. The van der Waals surface area contributed by atoms with E-state index in [9.17, 15) is 4.79 Å². The molecule has 150 valence electrons. The maximum Gasteiger partial charge on any atom is 0.255 e. The Hall–Kier alpha value is -3.46. The van der Waals surface area contributed by atoms with E-state index in [1.54, 1.807) is 6.20 Å². The van der Waals surface area contributed by atoms with E-state index in [-0.39, 0.29) is 17.9 Å². The Morgan fingerprint density at radius 1 is 1.00 bits per heavy atom. The van der Waals surface area contributed by atoms with Crippen LogP contribution in [-0.4, -0.2) is 10.9 Å². The van der Waals surface area contributed by atoms with Gasteiger partial charge in [0.2, 0.25) is 0 Å². The summed E-state index contributed by atoms with van der Waals surface area (Å²) in [5.41, 5.74) is 5.04. The van der Waals surface area contributed by atoms with Crippen LogP contribution in [0.1, 0.15) is 31.9 Å². The summed E-state index contributed by atoms with van der Waals surface area (Å²) in [4.78, 5) is 19.8. The van der Waals surface area contributed by atoms with E-state index >= 15 is 0 Å². The van der Waals surface area contributed by atoms with Gasteiger partial charge >= 0.3 is 0 Å². The second kappa shape index (κ2) is 8.91. The van der Waals surface area contributed by atoms with E-state index in [0.29, 0.717) is 0 Å². The number of anilines is 1. The van der Waals surface area contributed by atoms with Crippen molar-refractivity contribution in [3.05, 3.63) is 108 Å². The van der Waals surface area contributed by atoms with Gasteiger partial charge in [0.15, 0.2) is 0 Å². The number of carbonyl (C=O) groups excluding carboxylic acids is 1. The molecule has 2 atom stereocenters. The molecular weight excluding hydrogens is 368 g/mol. The van der Waals surface area contributed by atoms with Crippen molar-refractivity contribution < 1.29 is 4.79 Å². The molecule has 0 saturated carbocycles. The van der Waals surface area contributed by atoms with Gasteiger partial charge in [0, 0.05) is 29.6 Å². The third-order valence-corrected chi connectivity index (χ3v) is 5.73. The average Bonchev–Trinajstić information content (AvgIpc) is 3.30. The smallest absolute Gasteiger partial charge is 0.255 e. The molecule has 0 N–H and O–H groups in total. The first-order valence-corrected chi connectivity index (χ1v) is 10.5. The molecule has 0 saturated heterocycles. The van der Waals surface area contributed by atoms with Crippen molar-refractivity contribution in [3.8, 4) is 11.1 Å². The Morgan fingerprint density at radius 3 is 2.40 bits per heavy atom. The van der Waals surface area contributed by atoms with Gasteiger partial charge in [-0.05, 0) is 48.2 Å². The molecule has 4 rings (SSSR count). The quantitative estimate of drug-likeness (QED) is 0.487. The van der Waals surface area contributed by atoms with Crippen molar-refractivity contribution in [3.63, 3.8) is 0 Å². The number of nitrogens with zero attached hydrogens (tertiary/aromatic N) is 2. The highest BCUT2D eigenvalue weighted by molar-refractivity contribution is 6.07. The molecule has 3 aromatic rings. The summed E-state index contributed by atoms with van der Waals surface area (Å²) in [5, 5.41) is 0. The Kier molecular flexibility index (Phi) is 5.89. The molecule has 2 aromatic carbocycles. The third-order valence-electron chi connectivity index (χ3n) is 5.73. The van der Waals surface area contributed by atoms with E-state index in [0.717, 1.165) is 34.4 Å². The number of pyridine rings is 1. The van der Waals surface area contributed by atoms with Crippen LogP contribution in [0.15, 0.2) is 103 Å². The molecule has 0 bridgehead atoms. The maximum atomic E-state index is 13.7. The zero-order valence-corrected chi connectivity index (χ0v) is 17.4. The second-order valence-corrected chi connectivity index (χ2v) is 7.57. The highest BCUT2D eigenvalue weighted by Crippen LogP contribution is 2.33. The minimum Gasteiger partial charge on any atom is -0.301 e. The molecule has 1 unspecified atom stereocenters. The van der Waals surface area contributed by atoms with Gasteiger partial charge in [0.05, 0.1) is 6.04 Å². The van der Waals surface area contributed by atoms with Gasteiger partial charge in [-0.1, -0.05) is 73.7 Å². The van der Waals surface area contributed by atoms with Crippen LogP contribution >= 0.6 is 0 Å². The number of benzene rings is 2. The fourth-order valence-electron chi connectivity index (χ4n) is 3.98. The summed E-state index contributed by atoms with van der Waals surface area (Å²) in [5.74, 6) is 0.223. The highest BCUT2D eigenvalue weighted by atomic mass is 16.2. The summed E-state index contributed by atoms with van der Waals surface area (Å²) in [6, 6.07) is 22.3. The normalized spacial score (nSPS) is 16.2. The summed E-state index contributed by atoms with van der Waals surface area (Å²) in [7, 11) is 0. The number of hydrogen-bond acceptors (Lipinski definition) is 2. The zero-order valence-electron chi connectivity index (χ0n) is 17.4. The van der Waals surface area contributed by atoms with Crippen LogP contribution in [-0.2, 0) is 4.79 Å². The lowest BCUT2D eigenvalue weighted by atomic mass is 9.97. The fourth-order valence-corrected chi connectivity index (χ4v) is 3.98. The highest BCUT2D eigenvalue weighted by Gasteiger charge is 2.29. The van der Waals surface area contributed by atoms with Crippen LogP contribution < -0.4 is 4.90 Å². The molecule has 1 aliphatic rings. The predicted molar refractivity (Wildman–Crippen MR) is 123 cm³/mol. The number of aromatic nitrogens is 1. The fraction of sp³-hybridized carbons (Fsp3) is 0.185. The minimum absolute atomic E-state index is 0.0515. The van der Waals surface area contributed by atoms with Gasteiger partial charge < -0.3 is 4.90 Å².